The molecule has 0 spiro atoms. The molecule has 0 unspecified atom stereocenters. The Bertz CT molecular complexity index is 381. The van der Waals surface area contributed by atoms with E-state index in [-0.39, 0.29) is 5.91 Å². The van der Waals surface area contributed by atoms with Crippen LogP contribution in [0, 0.1) is 6.92 Å². The maximum atomic E-state index is 12.1. The molecular weight excluding hydrogens is 289 g/mol. The molecule has 0 bridgehead atoms. The van der Waals surface area contributed by atoms with Gasteiger partial charge >= 0.3 is 0 Å². The molecule has 16 heavy (non-hydrogen) atoms. The lowest BCUT2D eigenvalue weighted by atomic mass is 10.1. The summed E-state index contributed by atoms with van der Waals surface area (Å²) in [5.41, 5.74) is 1.53. The van der Waals surface area contributed by atoms with Gasteiger partial charge in [0.1, 0.15) is 0 Å². The molecule has 0 aliphatic carbocycles. The van der Waals surface area contributed by atoms with Gasteiger partial charge in [-0.05, 0) is 31.0 Å². The average Bonchev–Trinajstić information content (AvgIpc) is 2.28. The molecule has 4 heteroatoms. The van der Waals surface area contributed by atoms with E-state index in [0.29, 0.717) is 10.6 Å². The van der Waals surface area contributed by atoms with Gasteiger partial charge in [-0.15, -0.1) is 0 Å². The van der Waals surface area contributed by atoms with Crippen molar-refractivity contribution >= 4 is 33.4 Å². The van der Waals surface area contributed by atoms with Crippen LogP contribution >= 0.6 is 27.5 Å². The van der Waals surface area contributed by atoms with Crippen LogP contribution in [0.5, 0.6) is 0 Å². The molecule has 1 amide bonds. The van der Waals surface area contributed by atoms with Crippen molar-refractivity contribution in [2.24, 2.45) is 0 Å². The Hall–Kier alpha value is -0.540. The first-order valence-electron chi connectivity index (χ1n) is 5.14. The molecule has 1 rings (SSSR count). The normalized spacial score (nSPS) is 10.2. The summed E-state index contributed by atoms with van der Waals surface area (Å²) in [5, 5.41) is 1.54. The van der Waals surface area contributed by atoms with E-state index in [0.717, 1.165) is 23.9 Å². The fourth-order valence-electron chi connectivity index (χ4n) is 1.44. The Morgan fingerprint density at radius 2 is 2.19 bits per heavy atom. The molecule has 0 radical (unpaired) electrons. The third-order valence-corrected chi connectivity index (χ3v) is 3.44. The number of benzene rings is 1. The van der Waals surface area contributed by atoms with Crippen molar-refractivity contribution in [2.45, 2.75) is 13.3 Å². The number of hydrogen-bond acceptors (Lipinski definition) is 1. The minimum Gasteiger partial charge on any atom is -0.342 e. The second-order valence-electron chi connectivity index (χ2n) is 3.68. The van der Waals surface area contributed by atoms with Crippen LogP contribution in [0.15, 0.2) is 18.2 Å². The Balaban J connectivity index is 2.84. The van der Waals surface area contributed by atoms with Crippen LogP contribution in [0.25, 0.3) is 0 Å². The monoisotopic (exact) mass is 303 g/mol. The molecule has 0 aliphatic heterocycles. The second kappa shape index (κ2) is 6.26. The quantitative estimate of drug-likeness (QED) is 0.780. The highest BCUT2D eigenvalue weighted by atomic mass is 79.9. The smallest absolute Gasteiger partial charge is 0.253 e. The van der Waals surface area contributed by atoms with Gasteiger partial charge in [-0.3, -0.25) is 4.79 Å². The van der Waals surface area contributed by atoms with E-state index in [1.54, 1.807) is 17.0 Å². The highest BCUT2D eigenvalue weighted by Gasteiger charge is 2.14. The highest BCUT2D eigenvalue weighted by Crippen LogP contribution is 2.19. The van der Waals surface area contributed by atoms with Crippen molar-refractivity contribution in [1.29, 1.82) is 0 Å². The van der Waals surface area contributed by atoms with Crippen molar-refractivity contribution < 1.29 is 4.79 Å². The number of hydrogen-bond donors (Lipinski definition) is 0. The van der Waals surface area contributed by atoms with Gasteiger partial charge in [0, 0.05) is 29.5 Å². The molecule has 0 aliphatic rings. The SMILES string of the molecule is Cc1c(Cl)cccc1C(=O)N(C)CCCBr. The zero-order chi connectivity index (χ0) is 12.1. The Morgan fingerprint density at radius 1 is 1.50 bits per heavy atom. The van der Waals surface area contributed by atoms with Gasteiger partial charge in [-0.25, -0.2) is 0 Å². The van der Waals surface area contributed by atoms with E-state index >= 15 is 0 Å². The molecule has 1 aromatic carbocycles. The van der Waals surface area contributed by atoms with E-state index in [2.05, 4.69) is 15.9 Å². The third kappa shape index (κ3) is 3.22. The first kappa shape index (κ1) is 13.5. The summed E-state index contributed by atoms with van der Waals surface area (Å²) >= 11 is 9.34. The topological polar surface area (TPSA) is 20.3 Å². The molecule has 1 aromatic rings. The number of rotatable bonds is 4. The molecule has 0 atom stereocenters. The molecule has 0 saturated heterocycles. The van der Waals surface area contributed by atoms with Crippen molar-refractivity contribution in [2.75, 3.05) is 18.9 Å². The number of halogens is 2. The van der Waals surface area contributed by atoms with Gasteiger partial charge in [0.05, 0.1) is 0 Å². The number of carbonyl (C=O) groups excluding carboxylic acids is 1. The maximum absolute atomic E-state index is 12.1. The zero-order valence-electron chi connectivity index (χ0n) is 9.46. The van der Waals surface area contributed by atoms with Gasteiger partial charge in [-0.1, -0.05) is 33.6 Å². The average molecular weight is 305 g/mol. The zero-order valence-corrected chi connectivity index (χ0v) is 11.8. The third-order valence-electron chi connectivity index (χ3n) is 2.47. The number of nitrogens with zero attached hydrogens (tertiary/aromatic N) is 1. The summed E-state index contributed by atoms with van der Waals surface area (Å²) in [6.07, 6.45) is 0.946. The summed E-state index contributed by atoms with van der Waals surface area (Å²) in [4.78, 5) is 13.8. The first-order chi connectivity index (χ1) is 7.57. The minimum absolute atomic E-state index is 0.0287. The van der Waals surface area contributed by atoms with Crippen molar-refractivity contribution in [1.82, 2.24) is 4.90 Å². The number of carbonyl (C=O) groups is 1. The highest BCUT2D eigenvalue weighted by molar-refractivity contribution is 9.09. The predicted molar refractivity (Wildman–Crippen MR) is 71.6 cm³/mol. The van der Waals surface area contributed by atoms with Gasteiger partial charge in [0.2, 0.25) is 0 Å². The van der Waals surface area contributed by atoms with Crippen molar-refractivity contribution in [3.8, 4) is 0 Å². The molecular formula is C12H15BrClNO. The van der Waals surface area contributed by atoms with Crippen LogP contribution in [0.3, 0.4) is 0 Å². The Morgan fingerprint density at radius 3 is 2.81 bits per heavy atom. The lowest BCUT2D eigenvalue weighted by Gasteiger charge is -2.18. The van der Waals surface area contributed by atoms with E-state index in [1.165, 1.54) is 0 Å². The van der Waals surface area contributed by atoms with E-state index in [1.807, 2.05) is 20.0 Å². The molecule has 0 heterocycles. The molecule has 0 fully saturated rings. The molecule has 0 saturated carbocycles. The molecule has 0 N–H and O–H groups in total. The Labute approximate surface area is 110 Å². The maximum Gasteiger partial charge on any atom is 0.253 e. The van der Waals surface area contributed by atoms with Crippen LogP contribution < -0.4 is 0 Å². The molecule has 0 aromatic heterocycles. The number of amides is 1. The summed E-state index contributed by atoms with van der Waals surface area (Å²) in [5.74, 6) is 0.0287. The first-order valence-corrected chi connectivity index (χ1v) is 6.64. The molecule has 88 valence electrons. The molecule has 2 nitrogen and oxygen atoms in total. The Kier molecular flexibility index (Phi) is 5.29. The van der Waals surface area contributed by atoms with E-state index in [4.69, 9.17) is 11.6 Å². The fourth-order valence-corrected chi connectivity index (χ4v) is 1.87. The van der Waals surface area contributed by atoms with Crippen molar-refractivity contribution in [3.05, 3.63) is 34.3 Å². The van der Waals surface area contributed by atoms with Crippen LogP contribution in [-0.4, -0.2) is 29.7 Å². The van der Waals surface area contributed by atoms with Crippen LogP contribution in [-0.2, 0) is 0 Å². The lowest BCUT2D eigenvalue weighted by molar-refractivity contribution is 0.0795. The largest absolute Gasteiger partial charge is 0.342 e. The second-order valence-corrected chi connectivity index (χ2v) is 4.88. The summed E-state index contributed by atoms with van der Waals surface area (Å²) in [7, 11) is 1.81. The summed E-state index contributed by atoms with van der Waals surface area (Å²) in [6, 6.07) is 5.42. The van der Waals surface area contributed by atoms with E-state index < -0.39 is 0 Å². The minimum atomic E-state index is 0.0287. The standard InChI is InChI=1S/C12H15BrClNO/c1-9-10(5-3-6-11(9)14)12(16)15(2)8-4-7-13/h3,5-6H,4,7-8H2,1-2H3. The summed E-state index contributed by atoms with van der Waals surface area (Å²) in [6.45, 7) is 2.62. The number of alkyl halides is 1. The van der Waals surface area contributed by atoms with Gasteiger partial charge in [0.25, 0.3) is 5.91 Å². The van der Waals surface area contributed by atoms with Gasteiger partial charge in [-0.2, -0.15) is 0 Å². The van der Waals surface area contributed by atoms with Crippen molar-refractivity contribution in [3.63, 3.8) is 0 Å². The lowest BCUT2D eigenvalue weighted by Crippen LogP contribution is -2.28. The fraction of sp³-hybridized carbons (Fsp3) is 0.417. The van der Waals surface area contributed by atoms with Gasteiger partial charge in [0.15, 0.2) is 0 Å². The van der Waals surface area contributed by atoms with Gasteiger partial charge < -0.3 is 4.90 Å². The van der Waals surface area contributed by atoms with E-state index in [9.17, 15) is 4.79 Å². The van der Waals surface area contributed by atoms with Crippen LogP contribution in [0.1, 0.15) is 22.3 Å². The van der Waals surface area contributed by atoms with Crippen LogP contribution in [0.4, 0.5) is 0 Å². The summed E-state index contributed by atoms with van der Waals surface area (Å²) < 4.78 is 0. The predicted octanol–water partition coefficient (Wildman–Crippen LogP) is 3.51. The van der Waals surface area contributed by atoms with Crippen LogP contribution in [0.2, 0.25) is 5.02 Å².